The molecule has 26 heavy (non-hydrogen) atoms. The lowest BCUT2D eigenvalue weighted by atomic mass is 9.96. The van der Waals surface area contributed by atoms with Gasteiger partial charge in [-0.2, -0.15) is 5.10 Å². The second kappa shape index (κ2) is 6.61. The van der Waals surface area contributed by atoms with Crippen LogP contribution in [0, 0.1) is 12.3 Å². The molecule has 3 rings (SSSR count). The van der Waals surface area contributed by atoms with Gasteiger partial charge in [-0.15, -0.1) is 0 Å². The minimum Gasteiger partial charge on any atom is -0.388 e. The zero-order chi connectivity index (χ0) is 19.1. The number of nitrogens with zero attached hydrogens (tertiary/aromatic N) is 4. The molecule has 0 fully saturated rings. The first-order valence-electron chi connectivity index (χ1n) is 8.64. The molecule has 136 valence electrons. The molecule has 0 aliphatic heterocycles. The molecule has 0 amide bonds. The number of carbonyl (C=O) groups is 1. The summed E-state index contributed by atoms with van der Waals surface area (Å²) in [6.45, 7) is 10.6. The van der Waals surface area contributed by atoms with Crippen LogP contribution in [0.4, 0.5) is 0 Å². The van der Waals surface area contributed by atoms with Gasteiger partial charge < -0.3 is 5.11 Å². The molecule has 6 nitrogen and oxygen atoms in total. The number of aliphatic hydroxyl groups is 1. The maximum absolute atomic E-state index is 12.2. The lowest BCUT2D eigenvalue weighted by Gasteiger charge is -2.19. The van der Waals surface area contributed by atoms with Crippen molar-refractivity contribution in [3.05, 3.63) is 41.6 Å². The van der Waals surface area contributed by atoms with Crippen LogP contribution >= 0.6 is 0 Å². The third-order valence-corrected chi connectivity index (χ3v) is 4.17. The van der Waals surface area contributed by atoms with E-state index in [1.165, 1.54) is 0 Å². The summed E-state index contributed by atoms with van der Waals surface area (Å²) in [5.41, 5.74) is 4.34. The molecular formula is C20H24N4O2. The first kappa shape index (κ1) is 18.2. The SMILES string of the molecule is CC(=O)c1nn(CC(C)(C)C)c2c(C)cc(-c3cnc(CO)nc3)cc12. The van der Waals surface area contributed by atoms with Crippen LogP contribution in [0.15, 0.2) is 24.5 Å². The number of hydrogen-bond acceptors (Lipinski definition) is 5. The van der Waals surface area contributed by atoms with Crippen LogP contribution in [0.3, 0.4) is 0 Å². The maximum atomic E-state index is 12.2. The maximum Gasteiger partial charge on any atom is 0.180 e. The van der Waals surface area contributed by atoms with Gasteiger partial charge in [0.1, 0.15) is 12.3 Å². The molecule has 2 aromatic heterocycles. The number of fused-ring (bicyclic) bond motifs is 1. The summed E-state index contributed by atoms with van der Waals surface area (Å²) >= 11 is 0. The van der Waals surface area contributed by atoms with Gasteiger partial charge in [0.2, 0.25) is 0 Å². The third kappa shape index (κ3) is 3.51. The lowest BCUT2D eigenvalue weighted by Crippen LogP contribution is -2.17. The highest BCUT2D eigenvalue weighted by Gasteiger charge is 2.21. The summed E-state index contributed by atoms with van der Waals surface area (Å²) in [5, 5.41) is 14.6. The zero-order valence-corrected chi connectivity index (χ0v) is 15.9. The number of aromatic nitrogens is 4. The summed E-state index contributed by atoms with van der Waals surface area (Å²) in [6.07, 6.45) is 3.37. The van der Waals surface area contributed by atoms with E-state index in [-0.39, 0.29) is 17.8 Å². The fourth-order valence-electron chi connectivity index (χ4n) is 3.10. The molecule has 0 spiro atoms. The molecule has 0 bridgehead atoms. The quantitative estimate of drug-likeness (QED) is 0.726. The van der Waals surface area contributed by atoms with Crippen LogP contribution in [-0.2, 0) is 13.2 Å². The van der Waals surface area contributed by atoms with Gasteiger partial charge in [-0.1, -0.05) is 20.8 Å². The predicted octanol–water partition coefficient (Wildman–Crippen LogP) is 3.54. The van der Waals surface area contributed by atoms with Crippen molar-refractivity contribution in [2.75, 3.05) is 0 Å². The van der Waals surface area contributed by atoms with Gasteiger partial charge >= 0.3 is 0 Å². The molecule has 0 radical (unpaired) electrons. The van der Waals surface area contributed by atoms with Gasteiger partial charge in [0.05, 0.1) is 5.52 Å². The minimum atomic E-state index is -0.188. The van der Waals surface area contributed by atoms with Crippen molar-refractivity contribution < 1.29 is 9.90 Å². The van der Waals surface area contributed by atoms with E-state index in [1.54, 1.807) is 19.3 Å². The van der Waals surface area contributed by atoms with Crippen molar-refractivity contribution in [3.63, 3.8) is 0 Å². The monoisotopic (exact) mass is 352 g/mol. The van der Waals surface area contributed by atoms with Crippen LogP contribution < -0.4 is 0 Å². The smallest absolute Gasteiger partial charge is 0.180 e. The van der Waals surface area contributed by atoms with Crippen molar-refractivity contribution in [2.24, 2.45) is 5.41 Å². The van der Waals surface area contributed by atoms with Gasteiger partial charge in [-0.25, -0.2) is 9.97 Å². The molecule has 0 atom stereocenters. The number of hydrogen-bond donors (Lipinski definition) is 1. The van der Waals surface area contributed by atoms with Crippen molar-refractivity contribution in [1.82, 2.24) is 19.7 Å². The summed E-state index contributed by atoms with van der Waals surface area (Å²) in [6, 6.07) is 4.03. The van der Waals surface area contributed by atoms with Crippen molar-refractivity contribution in [1.29, 1.82) is 0 Å². The van der Waals surface area contributed by atoms with E-state index < -0.39 is 0 Å². The Labute approximate surface area is 152 Å². The van der Waals surface area contributed by atoms with Gasteiger partial charge in [-0.05, 0) is 35.6 Å². The van der Waals surface area contributed by atoms with Crippen LogP contribution in [-0.4, -0.2) is 30.6 Å². The number of benzene rings is 1. The standard InChI is InChI=1S/C20H24N4O2/c1-12-6-14(15-8-21-17(10-25)22-9-15)7-16-18(13(2)26)23-24(19(12)16)11-20(3,4)5/h6-9,25H,10-11H2,1-5H3. The molecule has 6 heteroatoms. The van der Waals surface area contributed by atoms with Crippen LogP contribution in [0.5, 0.6) is 0 Å². The average molecular weight is 352 g/mol. The number of rotatable bonds is 4. The van der Waals surface area contributed by atoms with Crippen molar-refractivity contribution in [2.45, 2.75) is 47.8 Å². The van der Waals surface area contributed by atoms with E-state index in [0.29, 0.717) is 11.5 Å². The Balaban J connectivity index is 2.20. The number of aryl methyl sites for hydroxylation is 1. The van der Waals surface area contributed by atoms with E-state index in [0.717, 1.165) is 34.1 Å². The minimum absolute atomic E-state index is 0.0477. The lowest BCUT2D eigenvalue weighted by molar-refractivity contribution is 0.101. The van der Waals surface area contributed by atoms with Crippen LogP contribution in [0.25, 0.3) is 22.0 Å². The topological polar surface area (TPSA) is 80.9 Å². The highest BCUT2D eigenvalue weighted by molar-refractivity contribution is 6.06. The van der Waals surface area contributed by atoms with Gasteiger partial charge in [0.25, 0.3) is 0 Å². The van der Waals surface area contributed by atoms with Crippen LogP contribution in [0.1, 0.15) is 49.6 Å². The Kier molecular flexibility index (Phi) is 4.63. The second-order valence-electron chi connectivity index (χ2n) is 7.86. The number of Topliss-reactive ketones (excluding diaryl/α,β-unsaturated/α-hetero) is 1. The Hall–Kier alpha value is -2.60. The average Bonchev–Trinajstić information content (AvgIpc) is 2.92. The largest absolute Gasteiger partial charge is 0.388 e. The predicted molar refractivity (Wildman–Crippen MR) is 101 cm³/mol. The number of ketones is 1. The van der Waals surface area contributed by atoms with Crippen molar-refractivity contribution in [3.8, 4) is 11.1 Å². The number of carbonyl (C=O) groups excluding carboxylic acids is 1. The highest BCUT2D eigenvalue weighted by atomic mass is 16.3. The summed E-state index contributed by atoms with van der Waals surface area (Å²) < 4.78 is 1.94. The molecule has 0 saturated carbocycles. The summed E-state index contributed by atoms with van der Waals surface area (Å²) in [5.74, 6) is 0.333. The Morgan fingerprint density at radius 3 is 2.35 bits per heavy atom. The first-order valence-corrected chi connectivity index (χ1v) is 8.64. The molecule has 1 N–H and O–H groups in total. The third-order valence-electron chi connectivity index (χ3n) is 4.17. The van der Waals surface area contributed by atoms with E-state index in [4.69, 9.17) is 5.11 Å². The van der Waals surface area contributed by atoms with Gasteiger partial charge in [-0.3, -0.25) is 9.48 Å². The van der Waals surface area contributed by atoms with Crippen molar-refractivity contribution >= 4 is 16.7 Å². The summed E-state index contributed by atoms with van der Waals surface area (Å²) in [7, 11) is 0. The molecule has 0 saturated heterocycles. The van der Waals surface area contributed by atoms with E-state index in [9.17, 15) is 4.79 Å². The molecule has 3 aromatic rings. The van der Waals surface area contributed by atoms with Gasteiger partial charge in [0.15, 0.2) is 11.6 Å². The number of aliphatic hydroxyl groups excluding tert-OH is 1. The fourth-order valence-corrected chi connectivity index (χ4v) is 3.10. The van der Waals surface area contributed by atoms with E-state index in [2.05, 4.69) is 41.9 Å². The zero-order valence-electron chi connectivity index (χ0n) is 15.9. The van der Waals surface area contributed by atoms with Crippen LogP contribution in [0.2, 0.25) is 0 Å². The Morgan fingerprint density at radius 1 is 1.15 bits per heavy atom. The molecule has 0 aliphatic carbocycles. The molecular weight excluding hydrogens is 328 g/mol. The highest BCUT2D eigenvalue weighted by Crippen LogP contribution is 2.31. The molecule has 0 aliphatic rings. The van der Waals surface area contributed by atoms with E-state index >= 15 is 0 Å². The summed E-state index contributed by atoms with van der Waals surface area (Å²) in [4.78, 5) is 20.4. The molecule has 1 aromatic carbocycles. The fraction of sp³-hybridized carbons (Fsp3) is 0.400. The normalized spacial score (nSPS) is 11.9. The van der Waals surface area contributed by atoms with E-state index in [1.807, 2.05) is 17.7 Å². The molecule has 2 heterocycles. The first-order chi connectivity index (χ1) is 12.2. The Morgan fingerprint density at radius 2 is 1.81 bits per heavy atom. The Bertz CT molecular complexity index is 966. The molecule has 0 unspecified atom stereocenters. The van der Waals surface area contributed by atoms with Gasteiger partial charge in [0, 0.05) is 36.8 Å². The second-order valence-corrected chi connectivity index (χ2v) is 7.86.